The molecule has 1 rings (SSSR count). The number of nitro benzene ring substituents is 2. The molecule has 0 radical (unpaired) electrons. The molecular weight excluding hydrogens is 328 g/mol. The van der Waals surface area contributed by atoms with Crippen LogP contribution in [-0.4, -0.2) is 15.8 Å². The van der Waals surface area contributed by atoms with Crippen LogP contribution < -0.4 is 0 Å². The van der Waals surface area contributed by atoms with Crippen molar-refractivity contribution in [2.45, 2.75) is 52.6 Å². The fraction of sp³-hybridized carbons (Fsp3) is 0.471. The van der Waals surface area contributed by atoms with E-state index in [9.17, 15) is 25.0 Å². The van der Waals surface area contributed by atoms with Gasteiger partial charge in [0.05, 0.1) is 21.5 Å². The molecule has 0 aliphatic heterocycles. The number of hydrogen-bond acceptors (Lipinski definition) is 6. The van der Waals surface area contributed by atoms with Crippen molar-refractivity contribution in [1.82, 2.24) is 0 Å². The van der Waals surface area contributed by atoms with Crippen LogP contribution >= 0.6 is 0 Å². The number of hydrogen-bond donors (Lipinski definition) is 0. The molecule has 0 aliphatic rings. The average Bonchev–Trinajstić information content (AvgIpc) is 2.52. The van der Waals surface area contributed by atoms with Crippen LogP contribution in [0.25, 0.3) is 0 Å². The summed E-state index contributed by atoms with van der Waals surface area (Å²) in [6, 6.07) is 2.23. The second-order valence-electron chi connectivity index (χ2n) is 6.18. The fourth-order valence-corrected chi connectivity index (χ4v) is 2.62. The van der Waals surface area contributed by atoms with E-state index in [2.05, 4.69) is 0 Å². The molecule has 0 aliphatic carbocycles. The molecule has 25 heavy (non-hydrogen) atoms. The van der Waals surface area contributed by atoms with Gasteiger partial charge in [0.15, 0.2) is 0 Å². The summed E-state index contributed by atoms with van der Waals surface area (Å²) in [4.78, 5) is 33.2. The molecule has 136 valence electrons. The van der Waals surface area contributed by atoms with Gasteiger partial charge in [-0.05, 0) is 38.7 Å². The minimum Gasteiger partial charge on any atom is -0.451 e. The Morgan fingerprint density at radius 3 is 2.32 bits per heavy atom. The third-order valence-corrected chi connectivity index (χ3v) is 3.94. The first-order valence-electron chi connectivity index (χ1n) is 7.88. The Kier molecular flexibility index (Phi) is 6.38. The van der Waals surface area contributed by atoms with Crippen molar-refractivity contribution in [2.75, 3.05) is 0 Å². The molecule has 0 bridgehead atoms. The molecule has 0 aromatic heterocycles. The van der Waals surface area contributed by atoms with Gasteiger partial charge in [-0.3, -0.25) is 20.2 Å². The molecule has 0 saturated carbocycles. The van der Waals surface area contributed by atoms with Gasteiger partial charge in [-0.25, -0.2) is 4.79 Å². The zero-order chi connectivity index (χ0) is 19.4. The van der Waals surface area contributed by atoms with E-state index in [1.165, 1.54) is 32.1 Å². The van der Waals surface area contributed by atoms with Crippen molar-refractivity contribution in [2.24, 2.45) is 0 Å². The van der Waals surface area contributed by atoms with Crippen molar-refractivity contribution < 1.29 is 19.4 Å². The highest BCUT2D eigenvalue weighted by Gasteiger charge is 2.38. The van der Waals surface area contributed by atoms with Gasteiger partial charge < -0.3 is 4.74 Å². The number of nitrogens with zero attached hydrogens (tertiary/aromatic N) is 2. The number of carbonyl (C=O) groups excluding carboxylic acids is 1. The van der Waals surface area contributed by atoms with Crippen LogP contribution in [0.15, 0.2) is 24.3 Å². The Bertz CT molecular complexity index is 724. The monoisotopic (exact) mass is 350 g/mol. The van der Waals surface area contributed by atoms with Crippen molar-refractivity contribution in [3.05, 3.63) is 55.6 Å². The minimum atomic E-state index is -1.33. The Hall–Kier alpha value is -2.77. The highest BCUT2D eigenvalue weighted by Crippen LogP contribution is 2.42. The number of rotatable bonds is 7. The fourth-order valence-electron chi connectivity index (χ4n) is 2.62. The molecule has 0 N–H and O–H groups in total. The summed E-state index contributed by atoms with van der Waals surface area (Å²) in [5.74, 6) is -0.830. The number of nitro groups is 2. The van der Waals surface area contributed by atoms with Crippen LogP contribution in [0.5, 0.6) is 0 Å². The molecule has 1 atom stereocenters. The Balaban J connectivity index is 3.72. The highest BCUT2D eigenvalue weighted by molar-refractivity contribution is 5.82. The summed E-state index contributed by atoms with van der Waals surface area (Å²) in [6.45, 7) is 8.41. The van der Waals surface area contributed by atoms with Gasteiger partial charge >= 0.3 is 5.97 Å². The van der Waals surface area contributed by atoms with E-state index < -0.39 is 27.1 Å². The number of esters is 1. The van der Waals surface area contributed by atoms with E-state index in [0.717, 1.165) is 6.07 Å². The van der Waals surface area contributed by atoms with Gasteiger partial charge in [0.25, 0.3) is 11.4 Å². The molecule has 0 heterocycles. The maximum Gasteiger partial charge on any atom is 0.331 e. The van der Waals surface area contributed by atoms with Crippen molar-refractivity contribution in [3.63, 3.8) is 0 Å². The van der Waals surface area contributed by atoms with Crippen LogP contribution in [0.1, 0.15) is 58.1 Å². The Morgan fingerprint density at radius 1 is 1.28 bits per heavy atom. The molecule has 0 fully saturated rings. The molecule has 1 aromatic rings. The second-order valence-corrected chi connectivity index (χ2v) is 6.18. The average molecular weight is 350 g/mol. The second kappa shape index (κ2) is 7.87. The minimum absolute atomic E-state index is 0.176. The maximum absolute atomic E-state index is 11.9. The number of carbonyl (C=O) groups is 1. The number of non-ortho nitro benzene ring substituents is 1. The summed E-state index contributed by atoms with van der Waals surface area (Å²) >= 11 is 0. The lowest BCUT2D eigenvalue weighted by Gasteiger charge is -2.28. The first kappa shape index (κ1) is 20.3. The van der Waals surface area contributed by atoms with Gasteiger partial charge in [-0.15, -0.1) is 0 Å². The first-order valence-corrected chi connectivity index (χ1v) is 7.88. The predicted octanol–water partition coefficient (Wildman–Crippen LogP) is 4.37. The highest BCUT2D eigenvalue weighted by atomic mass is 16.6. The quantitative estimate of drug-likeness (QED) is 0.312. The lowest BCUT2D eigenvalue weighted by molar-refractivity contribution is -0.395. The lowest BCUT2D eigenvalue weighted by Crippen LogP contribution is -2.28. The molecule has 0 saturated heterocycles. The van der Waals surface area contributed by atoms with Crippen molar-refractivity contribution in [3.8, 4) is 0 Å². The molecule has 8 nitrogen and oxygen atoms in total. The summed E-state index contributed by atoms with van der Waals surface area (Å²) < 4.78 is 5.39. The molecule has 0 amide bonds. The van der Waals surface area contributed by atoms with Gasteiger partial charge in [0.1, 0.15) is 5.60 Å². The van der Waals surface area contributed by atoms with Crippen LogP contribution in [0.3, 0.4) is 0 Å². The molecule has 8 heteroatoms. The Labute approximate surface area is 145 Å². The summed E-state index contributed by atoms with van der Waals surface area (Å²) in [5.41, 5.74) is -1.51. The largest absolute Gasteiger partial charge is 0.451 e. The van der Waals surface area contributed by atoms with Gasteiger partial charge in [0, 0.05) is 12.1 Å². The molecular formula is C17H22N2O6. The third-order valence-electron chi connectivity index (χ3n) is 3.94. The standard InChI is InChI=1S/C17H22N2O6/c1-6-8-15(20)25-17(4,5)16-13(11(3)7-2)9-12(18(21)22)10-14(16)19(23)24/h6,8-11H,7H2,1-5H3/b8-6+. The normalized spacial score (nSPS) is 12.8. The number of benzene rings is 1. The predicted molar refractivity (Wildman–Crippen MR) is 92.4 cm³/mol. The van der Waals surface area contributed by atoms with Crippen LogP contribution in [0, 0.1) is 20.2 Å². The van der Waals surface area contributed by atoms with Gasteiger partial charge in [-0.2, -0.15) is 0 Å². The lowest BCUT2D eigenvalue weighted by atomic mass is 9.84. The number of allylic oxidation sites excluding steroid dienone is 1. The van der Waals surface area contributed by atoms with Crippen molar-refractivity contribution in [1.29, 1.82) is 0 Å². The van der Waals surface area contributed by atoms with Crippen molar-refractivity contribution >= 4 is 17.3 Å². The SMILES string of the molecule is C/C=C/C(=O)OC(C)(C)c1c(C(C)CC)cc([N+](=O)[O-])cc1[N+](=O)[O-]. The third kappa shape index (κ3) is 4.62. The topological polar surface area (TPSA) is 113 Å². The van der Waals surface area contributed by atoms with E-state index in [0.29, 0.717) is 12.0 Å². The van der Waals surface area contributed by atoms with Gasteiger partial charge in [0.2, 0.25) is 0 Å². The first-order chi connectivity index (χ1) is 11.5. The number of ether oxygens (including phenoxy) is 1. The summed E-state index contributed by atoms with van der Waals surface area (Å²) in [7, 11) is 0. The van der Waals surface area contributed by atoms with E-state index >= 15 is 0 Å². The van der Waals surface area contributed by atoms with E-state index in [1.807, 2.05) is 13.8 Å². The maximum atomic E-state index is 11.9. The molecule has 0 spiro atoms. The summed E-state index contributed by atoms with van der Waals surface area (Å²) in [6.07, 6.45) is 3.32. The zero-order valence-corrected chi connectivity index (χ0v) is 14.9. The molecule has 1 aromatic carbocycles. The smallest absolute Gasteiger partial charge is 0.331 e. The Morgan fingerprint density at radius 2 is 1.88 bits per heavy atom. The van der Waals surface area contributed by atoms with Crippen LogP contribution in [0.2, 0.25) is 0 Å². The van der Waals surface area contributed by atoms with E-state index in [-0.39, 0.29) is 17.2 Å². The van der Waals surface area contributed by atoms with E-state index in [1.54, 1.807) is 6.92 Å². The zero-order valence-electron chi connectivity index (χ0n) is 14.9. The van der Waals surface area contributed by atoms with Gasteiger partial charge in [-0.1, -0.05) is 19.9 Å². The summed E-state index contributed by atoms with van der Waals surface area (Å²) in [5, 5.41) is 22.7. The van der Waals surface area contributed by atoms with E-state index in [4.69, 9.17) is 4.74 Å². The van der Waals surface area contributed by atoms with Crippen LogP contribution in [-0.2, 0) is 15.1 Å². The van der Waals surface area contributed by atoms with Crippen LogP contribution in [0.4, 0.5) is 11.4 Å². The molecule has 1 unspecified atom stereocenters.